The van der Waals surface area contributed by atoms with Gasteiger partial charge >= 0.3 is 0 Å². The fourth-order valence-electron chi connectivity index (χ4n) is 2.34. The van der Waals surface area contributed by atoms with Crippen LogP contribution in [0.1, 0.15) is 11.7 Å². The van der Waals surface area contributed by atoms with Crippen molar-refractivity contribution in [2.75, 3.05) is 13.2 Å². The molecule has 3 N–H and O–H groups in total. The van der Waals surface area contributed by atoms with E-state index in [1.165, 1.54) is 0 Å². The minimum Gasteiger partial charge on any atom is -0.379 e. The Balaban J connectivity index is 1.96. The summed E-state index contributed by atoms with van der Waals surface area (Å²) in [5.41, 5.74) is 8.14. The van der Waals surface area contributed by atoms with Crippen LogP contribution in [-0.4, -0.2) is 48.8 Å². The van der Waals surface area contributed by atoms with Crippen LogP contribution in [0.3, 0.4) is 0 Å². The molecule has 0 spiro atoms. The Morgan fingerprint density at radius 3 is 3.11 bits per heavy atom. The predicted octanol–water partition coefficient (Wildman–Crippen LogP) is -0.558. The predicted molar refractivity (Wildman–Crippen MR) is 62.0 cm³/mol. The minimum absolute atomic E-state index is 0.0464. The highest BCUT2D eigenvalue weighted by Gasteiger charge is 2.30. The standard InChI is InChI=1S/C10H11N7O/c11-6-2-18-1-5(6)9-15-16-10-7-8(13-3-12-7)14-4-17(9)10/h3-6H,1-2,11H2,(H,12,13). The maximum absolute atomic E-state index is 6.01. The number of nitrogens with two attached hydrogens (primary N) is 1. The van der Waals surface area contributed by atoms with Crippen LogP contribution in [0.4, 0.5) is 0 Å². The van der Waals surface area contributed by atoms with Crippen LogP contribution < -0.4 is 5.73 Å². The Morgan fingerprint density at radius 1 is 1.33 bits per heavy atom. The molecule has 4 heterocycles. The van der Waals surface area contributed by atoms with Gasteiger partial charge in [0.15, 0.2) is 11.3 Å². The summed E-state index contributed by atoms with van der Waals surface area (Å²) in [5.74, 6) is 0.848. The van der Waals surface area contributed by atoms with Gasteiger partial charge in [-0.2, -0.15) is 0 Å². The Morgan fingerprint density at radius 2 is 2.28 bits per heavy atom. The molecule has 1 saturated heterocycles. The zero-order valence-corrected chi connectivity index (χ0v) is 9.45. The highest BCUT2D eigenvalue weighted by Crippen LogP contribution is 2.24. The van der Waals surface area contributed by atoms with Gasteiger partial charge in [-0.1, -0.05) is 0 Å². The van der Waals surface area contributed by atoms with Gasteiger partial charge in [-0.05, 0) is 0 Å². The van der Waals surface area contributed by atoms with Gasteiger partial charge in [0.05, 0.1) is 25.5 Å². The van der Waals surface area contributed by atoms with Gasteiger partial charge < -0.3 is 15.5 Å². The molecule has 1 fully saturated rings. The van der Waals surface area contributed by atoms with E-state index in [9.17, 15) is 0 Å². The van der Waals surface area contributed by atoms with Crippen LogP contribution in [0, 0.1) is 0 Å². The molecule has 2 unspecified atom stereocenters. The fraction of sp³-hybridized carbons (Fsp3) is 0.400. The zero-order valence-electron chi connectivity index (χ0n) is 9.45. The third kappa shape index (κ3) is 1.21. The lowest BCUT2D eigenvalue weighted by molar-refractivity contribution is 0.190. The second kappa shape index (κ2) is 3.47. The molecule has 92 valence electrons. The van der Waals surface area contributed by atoms with Crippen LogP contribution in [0.15, 0.2) is 12.7 Å². The number of rotatable bonds is 1. The van der Waals surface area contributed by atoms with E-state index in [-0.39, 0.29) is 12.0 Å². The first-order chi connectivity index (χ1) is 8.84. The highest BCUT2D eigenvalue weighted by atomic mass is 16.5. The summed E-state index contributed by atoms with van der Waals surface area (Å²) in [6, 6.07) is -0.0464. The number of imidazole rings is 1. The first-order valence-electron chi connectivity index (χ1n) is 5.70. The molecule has 1 aliphatic rings. The van der Waals surface area contributed by atoms with Crippen molar-refractivity contribution in [1.29, 1.82) is 0 Å². The SMILES string of the molecule is NC1COCC1c1nnc2c3[nH]cnc3ncn12. The van der Waals surface area contributed by atoms with Crippen molar-refractivity contribution in [1.82, 2.24) is 29.5 Å². The van der Waals surface area contributed by atoms with Crippen LogP contribution in [0.5, 0.6) is 0 Å². The van der Waals surface area contributed by atoms with Crippen LogP contribution >= 0.6 is 0 Å². The van der Waals surface area contributed by atoms with Crippen LogP contribution in [-0.2, 0) is 4.74 Å². The maximum atomic E-state index is 6.01. The number of hydrogen-bond acceptors (Lipinski definition) is 6. The molecule has 8 nitrogen and oxygen atoms in total. The molecule has 0 amide bonds. The van der Waals surface area contributed by atoms with E-state index in [4.69, 9.17) is 10.5 Å². The van der Waals surface area contributed by atoms with Crippen molar-refractivity contribution in [3.05, 3.63) is 18.5 Å². The van der Waals surface area contributed by atoms with E-state index in [0.29, 0.717) is 24.5 Å². The molecule has 0 saturated carbocycles. The summed E-state index contributed by atoms with van der Waals surface area (Å²) in [4.78, 5) is 11.4. The number of nitrogens with one attached hydrogen (secondary N) is 1. The van der Waals surface area contributed by atoms with Gasteiger partial charge in [0, 0.05) is 6.04 Å². The molecule has 8 heteroatoms. The number of hydrogen-bond donors (Lipinski definition) is 2. The van der Waals surface area contributed by atoms with E-state index in [1.807, 2.05) is 4.40 Å². The fourth-order valence-corrected chi connectivity index (χ4v) is 2.34. The molecule has 3 aromatic rings. The number of H-pyrrole nitrogens is 1. The van der Waals surface area contributed by atoms with E-state index >= 15 is 0 Å². The van der Waals surface area contributed by atoms with Gasteiger partial charge in [0.1, 0.15) is 17.7 Å². The summed E-state index contributed by atoms with van der Waals surface area (Å²) in [6.07, 6.45) is 3.27. The second-order valence-electron chi connectivity index (χ2n) is 4.41. The molecule has 3 aromatic heterocycles. The average Bonchev–Trinajstić information content (AvgIpc) is 3.04. The lowest BCUT2D eigenvalue weighted by atomic mass is 10.0. The number of fused-ring (bicyclic) bond motifs is 3. The number of ether oxygens (including phenoxy) is 1. The summed E-state index contributed by atoms with van der Waals surface area (Å²) in [7, 11) is 0. The summed E-state index contributed by atoms with van der Waals surface area (Å²) >= 11 is 0. The average molecular weight is 245 g/mol. The smallest absolute Gasteiger partial charge is 0.189 e. The zero-order chi connectivity index (χ0) is 12.1. The molecule has 4 rings (SSSR count). The van der Waals surface area contributed by atoms with Gasteiger partial charge in [-0.15, -0.1) is 10.2 Å². The Bertz CT molecular complexity index is 717. The van der Waals surface area contributed by atoms with Crippen molar-refractivity contribution in [3.63, 3.8) is 0 Å². The first-order valence-corrected chi connectivity index (χ1v) is 5.70. The first kappa shape index (κ1) is 9.92. The lowest BCUT2D eigenvalue weighted by Crippen LogP contribution is -2.28. The molecule has 0 aromatic carbocycles. The van der Waals surface area contributed by atoms with E-state index in [1.54, 1.807) is 12.7 Å². The van der Waals surface area contributed by atoms with Crippen molar-refractivity contribution in [2.24, 2.45) is 5.73 Å². The molecule has 0 aliphatic carbocycles. The molecule has 0 bridgehead atoms. The lowest BCUT2D eigenvalue weighted by Gasteiger charge is -2.10. The minimum atomic E-state index is -0.0464. The third-order valence-electron chi connectivity index (χ3n) is 3.32. The molecule has 1 aliphatic heterocycles. The van der Waals surface area contributed by atoms with Crippen molar-refractivity contribution in [3.8, 4) is 0 Å². The van der Waals surface area contributed by atoms with Crippen LogP contribution in [0.2, 0.25) is 0 Å². The van der Waals surface area contributed by atoms with E-state index < -0.39 is 0 Å². The van der Waals surface area contributed by atoms with Gasteiger partial charge in [-0.3, -0.25) is 4.40 Å². The number of aromatic amines is 1. The number of nitrogens with zero attached hydrogens (tertiary/aromatic N) is 5. The van der Waals surface area contributed by atoms with Gasteiger partial charge in [0.2, 0.25) is 0 Å². The van der Waals surface area contributed by atoms with E-state index in [0.717, 1.165) is 11.3 Å². The van der Waals surface area contributed by atoms with Gasteiger partial charge in [0.25, 0.3) is 0 Å². The topological polar surface area (TPSA) is 107 Å². The monoisotopic (exact) mass is 245 g/mol. The molecular weight excluding hydrogens is 234 g/mol. The molecular formula is C10H11N7O. The van der Waals surface area contributed by atoms with Crippen LogP contribution in [0.25, 0.3) is 16.8 Å². The largest absolute Gasteiger partial charge is 0.379 e. The highest BCUT2D eigenvalue weighted by molar-refractivity contribution is 5.84. The molecule has 0 radical (unpaired) electrons. The van der Waals surface area contributed by atoms with Crippen molar-refractivity contribution < 1.29 is 4.74 Å². The number of aromatic nitrogens is 6. The normalized spacial score (nSPS) is 24.3. The van der Waals surface area contributed by atoms with Crippen molar-refractivity contribution >= 4 is 16.8 Å². The maximum Gasteiger partial charge on any atom is 0.189 e. The molecule has 2 atom stereocenters. The second-order valence-corrected chi connectivity index (χ2v) is 4.41. The van der Waals surface area contributed by atoms with Gasteiger partial charge in [-0.25, -0.2) is 9.97 Å². The van der Waals surface area contributed by atoms with E-state index in [2.05, 4.69) is 25.1 Å². The Labute approximate surface area is 101 Å². The Hall–Kier alpha value is -2.06. The summed E-state index contributed by atoms with van der Waals surface area (Å²) in [5, 5.41) is 8.41. The quantitative estimate of drug-likeness (QED) is 0.595. The Kier molecular flexibility index (Phi) is 1.91. The van der Waals surface area contributed by atoms with Crippen molar-refractivity contribution in [2.45, 2.75) is 12.0 Å². The summed E-state index contributed by atoms with van der Waals surface area (Å²) in [6.45, 7) is 1.13. The summed E-state index contributed by atoms with van der Waals surface area (Å²) < 4.78 is 7.21. The molecule has 18 heavy (non-hydrogen) atoms. The third-order valence-corrected chi connectivity index (χ3v) is 3.32.